The van der Waals surface area contributed by atoms with Gasteiger partial charge in [0, 0.05) is 17.8 Å². The molecule has 8 heteroatoms. The minimum absolute atomic E-state index is 0.00313. The van der Waals surface area contributed by atoms with Gasteiger partial charge in [0.1, 0.15) is 5.84 Å². The number of amidine groups is 1. The molecule has 3 aromatic rings. The van der Waals surface area contributed by atoms with E-state index in [4.69, 9.17) is 16.9 Å². The van der Waals surface area contributed by atoms with Crippen molar-refractivity contribution in [3.8, 4) is 0 Å². The van der Waals surface area contributed by atoms with Gasteiger partial charge in [0.2, 0.25) is 11.8 Å². The molecule has 0 aliphatic heterocycles. The van der Waals surface area contributed by atoms with Crippen LogP contribution < -0.4 is 27.4 Å². The highest BCUT2D eigenvalue weighted by molar-refractivity contribution is 5.94. The first-order valence-corrected chi connectivity index (χ1v) is 12.0. The Morgan fingerprint density at radius 3 is 2.25 bits per heavy atom. The fourth-order valence-electron chi connectivity index (χ4n) is 3.78. The molecular formula is C28H34N6O2. The van der Waals surface area contributed by atoms with Crippen molar-refractivity contribution >= 4 is 23.3 Å². The number of rotatable bonds is 13. The van der Waals surface area contributed by atoms with E-state index in [1.807, 2.05) is 54.6 Å². The Morgan fingerprint density at radius 1 is 0.833 bits per heavy atom. The van der Waals surface area contributed by atoms with Crippen molar-refractivity contribution in [2.75, 3.05) is 18.8 Å². The molecule has 0 bridgehead atoms. The van der Waals surface area contributed by atoms with Crippen LogP contribution in [-0.4, -0.2) is 36.8 Å². The van der Waals surface area contributed by atoms with E-state index in [0.717, 1.165) is 29.5 Å². The quantitative estimate of drug-likeness (QED) is 0.124. The lowest BCUT2D eigenvalue weighted by molar-refractivity contribution is -0.127. The molecule has 0 aromatic heterocycles. The van der Waals surface area contributed by atoms with Crippen molar-refractivity contribution in [2.24, 2.45) is 5.73 Å². The predicted octanol–water partition coefficient (Wildman–Crippen LogP) is 2.12. The average molecular weight is 487 g/mol. The standard InChI is InChI=1S/C28H34N6O2/c29-24-8-4-7-21(17-24)15-16-32-25(14-11-20-5-2-1-3-6-20)28(36)34-19-26(35)33-18-22-9-12-23(13-10-22)27(30)31/h1-10,12-13,17,25,32H,11,14-16,18-19,29H2,(H3,30,31)(H,33,35)(H,34,36)/t25-/m1/s1. The van der Waals surface area contributed by atoms with Gasteiger partial charge in [-0.2, -0.15) is 0 Å². The van der Waals surface area contributed by atoms with E-state index in [-0.39, 0.29) is 24.2 Å². The number of nitrogens with one attached hydrogen (secondary N) is 4. The van der Waals surface area contributed by atoms with Crippen molar-refractivity contribution in [2.45, 2.75) is 31.8 Å². The summed E-state index contributed by atoms with van der Waals surface area (Å²) in [5.41, 5.74) is 15.8. The van der Waals surface area contributed by atoms with Crippen LogP contribution in [0.1, 0.15) is 28.7 Å². The number of anilines is 1. The van der Waals surface area contributed by atoms with Crippen molar-refractivity contribution in [3.63, 3.8) is 0 Å². The molecule has 188 valence electrons. The molecule has 0 aliphatic rings. The van der Waals surface area contributed by atoms with Gasteiger partial charge in [-0.1, -0.05) is 66.7 Å². The molecular weight excluding hydrogens is 452 g/mol. The molecule has 1 atom stereocenters. The molecule has 3 rings (SSSR count). The van der Waals surface area contributed by atoms with E-state index in [2.05, 4.69) is 16.0 Å². The first-order valence-electron chi connectivity index (χ1n) is 12.0. The van der Waals surface area contributed by atoms with E-state index >= 15 is 0 Å². The molecule has 0 aliphatic carbocycles. The van der Waals surface area contributed by atoms with Crippen molar-refractivity contribution in [1.29, 1.82) is 5.41 Å². The monoisotopic (exact) mass is 486 g/mol. The summed E-state index contributed by atoms with van der Waals surface area (Å²) in [7, 11) is 0. The van der Waals surface area contributed by atoms with Gasteiger partial charge in [-0.25, -0.2) is 0 Å². The molecule has 2 amide bonds. The highest BCUT2D eigenvalue weighted by Gasteiger charge is 2.18. The van der Waals surface area contributed by atoms with Crippen LogP contribution in [0, 0.1) is 5.41 Å². The van der Waals surface area contributed by atoms with Crippen molar-refractivity contribution in [3.05, 3.63) is 101 Å². The van der Waals surface area contributed by atoms with Crippen LogP contribution in [-0.2, 0) is 29.0 Å². The zero-order chi connectivity index (χ0) is 25.8. The third kappa shape index (κ3) is 8.88. The van der Waals surface area contributed by atoms with E-state index in [9.17, 15) is 9.59 Å². The van der Waals surface area contributed by atoms with Gasteiger partial charge in [-0.3, -0.25) is 15.0 Å². The molecule has 0 spiro atoms. The van der Waals surface area contributed by atoms with Crippen molar-refractivity contribution in [1.82, 2.24) is 16.0 Å². The third-order valence-electron chi connectivity index (χ3n) is 5.81. The Hall–Kier alpha value is -4.17. The van der Waals surface area contributed by atoms with Gasteiger partial charge < -0.3 is 27.4 Å². The fourth-order valence-corrected chi connectivity index (χ4v) is 3.78. The molecule has 0 unspecified atom stereocenters. The summed E-state index contributed by atoms with van der Waals surface area (Å²) < 4.78 is 0. The summed E-state index contributed by atoms with van der Waals surface area (Å²) >= 11 is 0. The van der Waals surface area contributed by atoms with E-state index in [0.29, 0.717) is 30.8 Å². The minimum Gasteiger partial charge on any atom is -0.399 e. The maximum absolute atomic E-state index is 12.9. The third-order valence-corrected chi connectivity index (χ3v) is 5.81. The number of benzene rings is 3. The summed E-state index contributed by atoms with van der Waals surface area (Å²) in [4.78, 5) is 25.3. The number of nitrogen functional groups attached to an aromatic ring is 2. The average Bonchev–Trinajstić information content (AvgIpc) is 2.89. The van der Waals surface area contributed by atoms with E-state index in [1.165, 1.54) is 0 Å². The highest BCUT2D eigenvalue weighted by Crippen LogP contribution is 2.09. The first-order chi connectivity index (χ1) is 17.4. The Balaban J connectivity index is 1.49. The second-order valence-corrected chi connectivity index (χ2v) is 8.63. The summed E-state index contributed by atoms with van der Waals surface area (Å²) in [6, 6.07) is 24.4. The van der Waals surface area contributed by atoms with Gasteiger partial charge in [0.05, 0.1) is 12.6 Å². The Morgan fingerprint density at radius 2 is 1.56 bits per heavy atom. The summed E-state index contributed by atoms with van der Waals surface area (Å²) in [6.45, 7) is 0.824. The second kappa shape index (κ2) is 13.7. The Kier molecular flexibility index (Phi) is 10.0. The largest absolute Gasteiger partial charge is 0.399 e. The van der Waals surface area contributed by atoms with Gasteiger partial charge >= 0.3 is 0 Å². The molecule has 8 N–H and O–H groups in total. The lowest BCUT2D eigenvalue weighted by atomic mass is 10.0. The highest BCUT2D eigenvalue weighted by atomic mass is 16.2. The summed E-state index contributed by atoms with van der Waals surface area (Å²) in [6.07, 6.45) is 2.09. The van der Waals surface area contributed by atoms with Crippen LogP contribution in [0.3, 0.4) is 0 Å². The van der Waals surface area contributed by atoms with Crippen LogP contribution in [0.25, 0.3) is 0 Å². The maximum atomic E-state index is 12.9. The van der Waals surface area contributed by atoms with Gasteiger partial charge in [0.15, 0.2) is 0 Å². The number of carbonyl (C=O) groups is 2. The van der Waals surface area contributed by atoms with E-state index in [1.54, 1.807) is 24.3 Å². The van der Waals surface area contributed by atoms with Crippen LogP contribution in [0.15, 0.2) is 78.9 Å². The normalized spacial score (nSPS) is 11.4. The predicted molar refractivity (Wildman–Crippen MR) is 143 cm³/mol. The number of nitrogens with two attached hydrogens (primary N) is 2. The molecule has 0 heterocycles. The summed E-state index contributed by atoms with van der Waals surface area (Å²) in [5, 5.41) is 16.3. The van der Waals surface area contributed by atoms with Crippen LogP contribution in [0.4, 0.5) is 5.69 Å². The summed E-state index contributed by atoms with van der Waals surface area (Å²) in [5.74, 6) is -0.489. The zero-order valence-corrected chi connectivity index (χ0v) is 20.3. The Labute approximate surface area is 212 Å². The minimum atomic E-state index is -0.432. The van der Waals surface area contributed by atoms with Crippen LogP contribution in [0.2, 0.25) is 0 Å². The fraction of sp³-hybridized carbons (Fsp3) is 0.250. The molecule has 0 saturated heterocycles. The van der Waals surface area contributed by atoms with Crippen LogP contribution in [0.5, 0.6) is 0 Å². The lowest BCUT2D eigenvalue weighted by Crippen LogP contribution is -2.47. The number of hydrogen-bond acceptors (Lipinski definition) is 5. The lowest BCUT2D eigenvalue weighted by Gasteiger charge is -2.19. The zero-order valence-electron chi connectivity index (χ0n) is 20.3. The van der Waals surface area contributed by atoms with Crippen LogP contribution >= 0.6 is 0 Å². The maximum Gasteiger partial charge on any atom is 0.239 e. The second-order valence-electron chi connectivity index (χ2n) is 8.63. The van der Waals surface area contributed by atoms with Gasteiger partial charge in [-0.05, 0) is 54.6 Å². The SMILES string of the molecule is N=C(N)c1ccc(CNC(=O)CNC(=O)[C@@H](CCc2ccccc2)NCCc2cccc(N)c2)cc1. The molecule has 0 saturated carbocycles. The number of amides is 2. The molecule has 36 heavy (non-hydrogen) atoms. The van der Waals surface area contributed by atoms with Crippen molar-refractivity contribution < 1.29 is 9.59 Å². The molecule has 8 nitrogen and oxygen atoms in total. The number of hydrogen-bond donors (Lipinski definition) is 6. The number of carbonyl (C=O) groups excluding carboxylic acids is 2. The molecule has 0 fully saturated rings. The number of aryl methyl sites for hydroxylation is 1. The van der Waals surface area contributed by atoms with Gasteiger partial charge in [0.25, 0.3) is 0 Å². The Bertz CT molecular complexity index is 1150. The topological polar surface area (TPSA) is 146 Å². The molecule has 0 radical (unpaired) electrons. The molecule has 3 aromatic carbocycles. The van der Waals surface area contributed by atoms with Gasteiger partial charge in [-0.15, -0.1) is 0 Å². The smallest absolute Gasteiger partial charge is 0.239 e. The van der Waals surface area contributed by atoms with E-state index < -0.39 is 6.04 Å². The first kappa shape index (κ1) is 26.4.